The van der Waals surface area contributed by atoms with Gasteiger partial charge in [0, 0.05) is 17.1 Å². The van der Waals surface area contributed by atoms with Gasteiger partial charge in [0.15, 0.2) is 0 Å². The molecule has 2 N–H and O–H groups in total. The number of hydrogen-bond donors (Lipinski definition) is 2. The molecular weight excluding hydrogens is 404 g/mol. The normalized spacial score (nSPS) is 32.1. The van der Waals surface area contributed by atoms with Crippen molar-refractivity contribution in [1.82, 2.24) is 10.2 Å². The first-order valence-corrected chi connectivity index (χ1v) is 11.3. The zero-order valence-electron chi connectivity index (χ0n) is 17.4. The molecule has 3 aliphatic rings. The molecule has 162 valence electrons. The molecule has 0 spiro atoms. The first kappa shape index (κ1) is 21.3. The van der Waals surface area contributed by atoms with Gasteiger partial charge in [0.1, 0.15) is 5.54 Å². The van der Waals surface area contributed by atoms with Gasteiger partial charge in [-0.05, 0) is 42.9 Å². The van der Waals surface area contributed by atoms with Gasteiger partial charge in [-0.25, -0.2) is 0 Å². The highest BCUT2D eigenvalue weighted by molar-refractivity contribution is 6.30. The summed E-state index contributed by atoms with van der Waals surface area (Å²) < 4.78 is 0. The molecule has 1 aliphatic carbocycles. The van der Waals surface area contributed by atoms with Crippen molar-refractivity contribution in [3.8, 4) is 0 Å². The number of likely N-dealkylation sites (tertiary alicyclic amines) is 1. The maximum Gasteiger partial charge on any atom is 0.324 e. The van der Waals surface area contributed by atoms with Crippen molar-refractivity contribution in [3.05, 3.63) is 34.9 Å². The molecule has 4 rings (SSSR count). The largest absolute Gasteiger partial charge is 0.480 e. The van der Waals surface area contributed by atoms with Crippen LogP contribution in [0.5, 0.6) is 0 Å². The lowest BCUT2D eigenvalue weighted by Gasteiger charge is -2.35. The molecule has 0 aromatic heterocycles. The summed E-state index contributed by atoms with van der Waals surface area (Å²) in [4.78, 5) is 41.2. The van der Waals surface area contributed by atoms with Gasteiger partial charge >= 0.3 is 5.97 Å². The number of carboxylic acid groups (broad SMARTS) is 1. The third-order valence-electron chi connectivity index (χ3n) is 6.97. The molecule has 4 unspecified atom stereocenters. The number of carboxylic acids is 1. The zero-order chi connectivity index (χ0) is 21.6. The van der Waals surface area contributed by atoms with E-state index in [-0.39, 0.29) is 30.2 Å². The molecule has 2 aliphatic heterocycles. The molecule has 3 fully saturated rings. The van der Waals surface area contributed by atoms with Crippen molar-refractivity contribution in [2.45, 2.75) is 70.0 Å². The second-order valence-corrected chi connectivity index (χ2v) is 9.83. The molecule has 30 heavy (non-hydrogen) atoms. The van der Waals surface area contributed by atoms with Gasteiger partial charge in [0.2, 0.25) is 11.8 Å². The highest BCUT2D eigenvalue weighted by atomic mass is 35.5. The molecule has 0 radical (unpaired) electrons. The van der Waals surface area contributed by atoms with Crippen molar-refractivity contribution in [3.63, 3.8) is 0 Å². The number of amides is 2. The van der Waals surface area contributed by atoms with Gasteiger partial charge in [0.25, 0.3) is 0 Å². The van der Waals surface area contributed by atoms with Crippen LogP contribution in [0.2, 0.25) is 5.02 Å². The Labute approximate surface area is 182 Å². The van der Waals surface area contributed by atoms with E-state index < -0.39 is 29.4 Å². The van der Waals surface area contributed by atoms with E-state index in [2.05, 4.69) is 5.32 Å². The van der Waals surface area contributed by atoms with Crippen LogP contribution >= 0.6 is 11.6 Å². The van der Waals surface area contributed by atoms with Crippen molar-refractivity contribution >= 4 is 29.4 Å². The lowest BCUT2D eigenvalue weighted by Crippen LogP contribution is -2.57. The van der Waals surface area contributed by atoms with Gasteiger partial charge in [-0.3, -0.25) is 24.6 Å². The van der Waals surface area contributed by atoms with Gasteiger partial charge in [-0.1, -0.05) is 56.8 Å². The number of rotatable bonds is 5. The molecule has 1 aromatic rings. The Bertz CT molecular complexity index is 849. The molecule has 6 nitrogen and oxygen atoms in total. The molecule has 2 amide bonds. The standard InChI is InChI=1S/C23H29ClN2O4/c1-13(2)12-23(22(29)30)18-17(19(25-23)14-8-10-15(24)11-9-14)20(27)26(21(18)28)16-6-4-3-5-7-16/h8-11,13,16-19,25H,3-7,12H2,1-2H3,(H,29,30). The lowest BCUT2D eigenvalue weighted by molar-refractivity contribution is -0.153. The highest BCUT2D eigenvalue weighted by Gasteiger charge is 2.68. The van der Waals surface area contributed by atoms with Crippen LogP contribution in [0, 0.1) is 17.8 Å². The van der Waals surface area contributed by atoms with Gasteiger partial charge in [-0.2, -0.15) is 0 Å². The average molecular weight is 433 g/mol. The number of benzene rings is 1. The van der Waals surface area contributed by atoms with Crippen LogP contribution in [0.1, 0.15) is 64.0 Å². The number of halogens is 1. The third kappa shape index (κ3) is 3.34. The minimum atomic E-state index is -1.46. The number of hydrogen-bond acceptors (Lipinski definition) is 4. The monoisotopic (exact) mass is 432 g/mol. The van der Waals surface area contributed by atoms with E-state index in [4.69, 9.17) is 11.6 Å². The van der Waals surface area contributed by atoms with Gasteiger partial charge < -0.3 is 5.11 Å². The van der Waals surface area contributed by atoms with E-state index in [1.807, 2.05) is 26.0 Å². The molecule has 1 saturated carbocycles. The molecule has 1 aromatic carbocycles. The lowest BCUT2D eigenvalue weighted by atomic mass is 9.75. The molecule has 2 saturated heterocycles. The van der Waals surface area contributed by atoms with Crippen LogP contribution in [0.4, 0.5) is 0 Å². The van der Waals surface area contributed by atoms with Crippen molar-refractivity contribution in [1.29, 1.82) is 0 Å². The smallest absolute Gasteiger partial charge is 0.324 e. The fourth-order valence-corrected chi connectivity index (χ4v) is 5.92. The molecular formula is C23H29ClN2O4. The van der Waals surface area contributed by atoms with E-state index in [1.165, 1.54) is 4.90 Å². The Balaban J connectivity index is 1.79. The number of fused-ring (bicyclic) bond motifs is 1. The number of carbonyl (C=O) groups is 3. The summed E-state index contributed by atoms with van der Waals surface area (Å²) in [5.41, 5.74) is -0.674. The van der Waals surface area contributed by atoms with Crippen molar-refractivity contribution in [2.24, 2.45) is 17.8 Å². The summed E-state index contributed by atoms with van der Waals surface area (Å²) >= 11 is 6.04. The van der Waals surface area contributed by atoms with Crippen LogP contribution in [-0.4, -0.2) is 39.4 Å². The first-order valence-electron chi connectivity index (χ1n) is 10.9. The van der Waals surface area contributed by atoms with Gasteiger partial charge in [-0.15, -0.1) is 0 Å². The summed E-state index contributed by atoms with van der Waals surface area (Å²) in [7, 11) is 0. The Morgan fingerprint density at radius 2 is 1.80 bits per heavy atom. The van der Waals surface area contributed by atoms with Crippen LogP contribution in [0.15, 0.2) is 24.3 Å². The Morgan fingerprint density at radius 1 is 1.17 bits per heavy atom. The SMILES string of the molecule is CC(C)CC1(C(=O)O)NC(c2ccc(Cl)cc2)C2C(=O)N(C3CCCCC3)C(=O)C21. The summed E-state index contributed by atoms with van der Waals surface area (Å²) in [6.45, 7) is 3.88. The minimum Gasteiger partial charge on any atom is -0.480 e. The van der Waals surface area contributed by atoms with Crippen LogP contribution in [-0.2, 0) is 14.4 Å². The van der Waals surface area contributed by atoms with E-state index in [0.717, 1.165) is 37.7 Å². The van der Waals surface area contributed by atoms with E-state index in [1.54, 1.807) is 12.1 Å². The topological polar surface area (TPSA) is 86.7 Å². The number of aliphatic carboxylic acids is 1. The second kappa shape index (κ2) is 7.97. The maximum atomic E-state index is 13.6. The van der Waals surface area contributed by atoms with Crippen LogP contribution in [0.3, 0.4) is 0 Å². The van der Waals surface area contributed by atoms with Crippen LogP contribution in [0.25, 0.3) is 0 Å². The fraction of sp³-hybridized carbons (Fsp3) is 0.609. The van der Waals surface area contributed by atoms with Crippen LogP contribution < -0.4 is 5.32 Å². The molecule has 2 heterocycles. The highest BCUT2D eigenvalue weighted by Crippen LogP contribution is 2.52. The zero-order valence-corrected chi connectivity index (χ0v) is 18.2. The number of carbonyl (C=O) groups excluding carboxylic acids is 2. The number of nitrogens with zero attached hydrogens (tertiary/aromatic N) is 1. The molecule has 7 heteroatoms. The summed E-state index contributed by atoms with van der Waals surface area (Å²) in [5, 5.41) is 14.1. The molecule has 4 atom stereocenters. The van der Waals surface area contributed by atoms with E-state index in [9.17, 15) is 19.5 Å². The van der Waals surface area contributed by atoms with Crippen molar-refractivity contribution in [2.75, 3.05) is 0 Å². The Hall–Kier alpha value is -1.92. The predicted octanol–water partition coefficient (Wildman–Crippen LogP) is 3.79. The van der Waals surface area contributed by atoms with Gasteiger partial charge in [0.05, 0.1) is 11.8 Å². The Kier molecular flexibility index (Phi) is 5.66. The third-order valence-corrected chi connectivity index (χ3v) is 7.22. The number of nitrogens with one attached hydrogen (secondary N) is 1. The quantitative estimate of drug-likeness (QED) is 0.691. The molecule has 0 bridgehead atoms. The van der Waals surface area contributed by atoms with E-state index >= 15 is 0 Å². The predicted molar refractivity (Wildman–Crippen MR) is 113 cm³/mol. The fourth-order valence-electron chi connectivity index (χ4n) is 5.80. The maximum absolute atomic E-state index is 13.6. The first-order chi connectivity index (χ1) is 14.3. The summed E-state index contributed by atoms with van der Waals surface area (Å²) in [6, 6.07) is 6.44. The summed E-state index contributed by atoms with van der Waals surface area (Å²) in [5.74, 6) is -3.16. The number of imide groups is 1. The Morgan fingerprint density at radius 3 is 2.37 bits per heavy atom. The average Bonchev–Trinajstić information content (AvgIpc) is 3.17. The van der Waals surface area contributed by atoms with E-state index in [0.29, 0.717) is 5.02 Å². The van der Waals surface area contributed by atoms with Crippen molar-refractivity contribution < 1.29 is 19.5 Å². The minimum absolute atomic E-state index is 0.0462. The second-order valence-electron chi connectivity index (χ2n) is 9.39. The summed E-state index contributed by atoms with van der Waals surface area (Å²) in [6.07, 6.45) is 4.99.